The van der Waals surface area contributed by atoms with Crippen molar-refractivity contribution in [3.8, 4) is 5.75 Å². The van der Waals surface area contributed by atoms with Gasteiger partial charge in [0.05, 0.1) is 13.2 Å². The van der Waals surface area contributed by atoms with Crippen LogP contribution in [0.4, 0.5) is 5.69 Å². The molecule has 5 heteroatoms. The summed E-state index contributed by atoms with van der Waals surface area (Å²) in [6.45, 7) is 6.36. The molecule has 1 amide bonds. The SMILES string of the molecule is CCOc1ccc(C(=O)Nc2ccc(C[C@H](C)CNCCO)cc2)cc1. The van der Waals surface area contributed by atoms with Gasteiger partial charge in [-0.1, -0.05) is 19.1 Å². The van der Waals surface area contributed by atoms with Crippen molar-refractivity contribution in [2.24, 2.45) is 5.92 Å². The van der Waals surface area contributed by atoms with Gasteiger partial charge in [0.25, 0.3) is 5.91 Å². The molecule has 0 spiro atoms. The molecule has 2 aromatic rings. The summed E-state index contributed by atoms with van der Waals surface area (Å²) < 4.78 is 5.39. The third-order valence-corrected chi connectivity index (χ3v) is 4.00. The second kappa shape index (κ2) is 10.6. The molecule has 26 heavy (non-hydrogen) atoms. The summed E-state index contributed by atoms with van der Waals surface area (Å²) in [5.41, 5.74) is 2.60. The lowest BCUT2D eigenvalue weighted by atomic mass is 10.0. The van der Waals surface area contributed by atoms with E-state index in [0.29, 0.717) is 24.6 Å². The molecule has 0 aliphatic heterocycles. The maximum atomic E-state index is 12.3. The van der Waals surface area contributed by atoms with E-state index in [4.69, 9.17) is 9.84 Å². The average molecular weight is 356 g/mol. The molecule has 2 aromatic carbocycles. The van der Waals surface area contributed by atoms with Crippen molar-refractivity contribution in [2.45, 2.75) is 20.3 Å². The van der Waals surface area contributed by atoms with Crippen molar-refractivity contribution in [1.82, 2.24) is 5.32 Å². The van der Waals surface area contributed by atoms with Crippen molar-refractivity contribution >= 4 is 11.6 Å². The van der Waals surface area contributed by atoms with Gasteiger partial charge in [0, 0.05) is 17.8 Å². The van der Waals surface area contributed by atoms with Crippen molar-refractivity contribution < 1.29 is 14.6 Å². The molecule has 0 aliphatic rings. The number of anilines is 1. The van der Waals surface area contributed by atoms with Crippen LogP contribution in [0.1, 0.15) is 29.8 Å². The Morgan fingerprint density at radius 1 is 1.12 bits per heavy atom. The summed E-state index contributed by atoms with van der Waals surface area (Å²) in [5.74, 6) is 1.10. The quantitative estimate of drug-likeness (QED) is 0.572. The summed E-state index contributed by atoms with van der Waals surface area (Å²) in [7, 11) is 0. The first kappa shape index (κ1) is 19.9. The van der Waals surface area contributed by atoms with E-state index in [0.717, 1.165) is 24.4 Å². The largest absolute Gasteiger partial charge is 0.494 e. The minimum absolute atomic E-state index is 0.137. The molecular weight excluding hydrogens is 328 g/mol. The van der Waals surface area contributed by atoms with E-state index in [1.807, 2.05) is 31.2 Å². The maximum absolute atomic E-state index is 12.3. The van der Waals surface area contributed by atoms with Crippen LogP contribution in [0.5, 0.6) is 5.75 Å². The molecule has 0 saturated heterocycles. The van der Waals surface area contributed by atoms with E-state index < -0.39 is 0 Å². The molecule has 0 bridgehead atoms. The number of carbonyl (C=O) groups excluding carboxylic acids is 1. The Balaban J connectivity index is 1.86. The number of benzene rings is 2. The summed E-state index contributed by atoms with van der Waals surface area (Å²) >= 11 is 0. The van der Waals surface area contributed by atoms with Crippen LogP contribution >= 0.6 is 0 Å². The summed E-state index contributed by atoms with van der Waals surface area (Å²) in [6, 6.07) is 15.0. The molecule has 5 nitrogen and oxygen atoms in total. The van der Waals surface area contributed by atoms with Gasteiger partial charge < -0.3 is 20.5 Å². The van der Waals surface area contributed by atoms with Crippen LogP contribution in [0.15, 0.2) is 48.5 Å². The van der Waals surface area contributed by atoms with E-state index in [1.54, 1.807) is 24.3 Å². The minimum Gasteiger partial charge on any atom is -0.494 e. The zero-order valence-corrected chi connectivity index (χ0v) is 15.5. The molecule has 0 radical (unpaired) electrons. The fourth-order valence-electron chi connectivity index (χ4n) is 2.70. The van der Waals surface area contributed by atoms with Gasteiger partial charge in [0.2, 0.25) is 0 Å². The lowest BCUT2D eigenvalue weighted by Crippen LogP contribution is -2.25. The van der Waals surface area contributed by atoms with E-state index in [1.165, 1.54) is 5.56 Å². The number of hydrogen-bond donors (Lipinski definition) is 3. The maximum Gasteiger partial charge on any atom is 0.255 e. The van der Waals surface area contributed by atoms with E-state index in [-0.39, 0.29) is 12.5 Å². The molecule has 0 unspecified atom stereocenters. The third-order valence-electron chi connectivity index (χ3n) is 4.00. The number of carbonyl (C=O) groups is 1. The predicted octanol–water partition coefficient (Wildman–Crippen LogP) is 3.10. The van der Waals surface area contributed by atoms with Gasteiger partial charge in [-0.05, 0) is 67.8 Å². The molecule has 0 saturated carbocycles. The Morgan fingerprint density at radius 3 is 2.42 bits per heavy atom. The lowest BCUT2D eigenvalue weighted by molar-refractivity contribution is 0.102. The van der Waals surface area contributed by atoms with Crippen LogP contribution in [-0.2, 0) is 6.42 Å². The van der Waals surface area contributed by atoms with Crippen molar-refractivity contribution in [3.05, 3.63) is 59.7 Å². The van der Waals surface area contributed by atoms with Gasteiger partial charge in [0.15, 0.2) is 0 Å². The summed E-state index contributed by atoms with van der Waals surface area (Å²) in [6.07, 6.45) is 0.950. The number of nitrogens with one attached hydrogen (secondary N) is 2. The second-order valence-electron chi connectivity index (χ2n) is 6.35. The minimum atomic E-state index is -0.137. The second-order valence-corrected chi connectivity index (χ2v) is 6.35. The van der Waals surface area contributed by atoms with Crippen molar-refractivity contribution in [1.29, 1.82) is 0 Å². The van der Waals surface area contributed by atoms with Gasteiger partial charge in [0.1, 0.15) is 5.75 Å². The molecule has 0 fully saturated rings. The van der Waals surface area contributed by atoms with Crippen molar-refractivity contribution in [3.63, 3.8) is 0 Å². The molecule has 0 heterocycles. The zero-order chi connectivity index (χ0) is 18.8. The number of aliphatic hydroxyl groups is 1. The fourth-order valence-corrected chi connectivity index (χ4v) is 2.70. The van der Waals surface area contributed by atoms with Crippen LogP contribution in [-0.4, -0.2) is 37.3 Å². The first-order valence-corrected chi connectivity index (χ1v) is 9.07. The Kier molecular flexibility index (Phi) is 8.12. The topological polar surface area (TPSA) is 70.6 Å². The van der Waals surface area contributed by atoms with Crippen LogP contribution in [0.25, 0.3) is 0 Å². The van der Waals surface area contributed by atoms with Gasteiger partial charge in [-0.25, -0.2) is 0 Å². The van der Waals surface area contributed by atoms with Crippen LogP contribution in [0, 0.1) is 5.92 Å². The Hall–Kier alpha value is -2.37. The molecular formula is C21H28N2O3. The monoisotopic (exact) mass is 356 g/mol. The highest BCUT2D eigenvalue weighted by Crippen LogP contribution is 2.16. The highest BCUT2D eigenvalue weighted by Gasteiger charge is 2.07. The van der Waals surface area contributed by atoms with Crippen LogP contribution in [0.3, 0.4) is 0 Å². The van der Waals surface area contributed by atoms with Crippen LogP contribution < -0.4 is 15.4 Å². The van der Waals surface area contributed by atoms with E-state index >= 15 is 0 Å². The normalized spacial score (nSPS) is 11.8. The van der Waals surface area contributed by atoms with Gasteiger partial charge in [-0.15, -0.1) is 0 Å². The summed E-state index contributed by atoms with van der Waals surface area (Å²) in [5, 5.41) is 14.9. The number of rotatable bonds is 10. The zero-order valence-electron chi connectivity index (χ0n) is 15.5. The highest BCUT2D eigenvalue weighted by atomic mass is 16.5. The lowest BCUT2D eigenvalue weighted by Gasteiger charge is -2.13. The Labute approximate surface area is 155 Å². The van der Waals surface area contributed by atoms with Gasteiger partial charge in [-0.3, -0.25) is 4.79 Å². The van der Waals surface area contributed by atoms with E-state index in [2.05, 4.69) is 17.6 Å². The standard InChI is InChI=1S/C21H28N2O3/c1-3-26-20-10-6-18(7-11-20)21(25)23-19-8-4-17(5-9-19)14-16(2)15-22-12-13-24/h4-11,16,22,24H,3,12-15H2,1-2H3,(H,23,25)/t16-/m0/s1. The van der Waals surface area contributed by atoms with Gasteiger partial charge >= 0.3 is 0 Å². The molecule has 140 valence electrons. The van der Waals surface area contributed by atoms with Crippen LogP contribution in [0.2, 0.25) is 0 Å². The molecule has 2 rings (SSSR count). The fraction of sp³-hybridized carbons (Fsp3) is 0.381. The predicted molar refractivity (Wildman–Crippen MR) is 105 cm³/mol. The molecule has 0 aliphatic carbocycles. The summed E-state index contributed by atoms with van der Waals surface area (Å²) in [4.78, 5) is 12.3. The van der Waals surface area contributed by atoms with E-state index in [9.17, 15) is 4.79 Å². The number of ether oxygens (including phenoxy) is 1. The number of amides is 1. The third kappa shape index (κ3) is 6.50. The average Bonchev–Trinajstić information content (AvgIpc) is 2.64. The Bertz CT molecular complexity index is 669. The Morgan fingerprint density at radius 2 is 1.81 bits per heavy atom. The van der Waals surface area contributed by atoms with Gasteiger partial charge in [-0.2, -0.15) is 0 Å². The highest BCUT2D eigenvalue weighted by molar-refractivity contribution is 6.04. The first-order valence-electron chi connectivity index (χ1n) is 9.07. The number of hydrogen-bond acceptors (Lipinski definition) is 4. The smallest absolute Gasteiger partial charge is 0.255 e. The molecule has 3 N–H and O–H groups in total. The number of aliphatic hydroxyl groups excluding tert-OH is 1. The molecule has 0 aromatic heterocycles. The van der Waals surface area contributed by atoms with Crippen molar-refractivity contribution in [2.75, 3.05) is 31.6 Å². The first-order chi connectivity index (χ1) is 12.6. The molecule has 1 atom stereocenters.